The number of hydrogen-bond donors (Lipinski definition) is 0. The minimum Gasteiger partial charge on any atom is -0.350 e. The molecule has 82 valence electrons. The van der Waals surface area contributed by atoms with E-state index >= 15 is 0 Å². The molecule has 0 aromatic heterocycles. The van der Waals surface area contributed by atoms with Crippen LogP contribution in [0.4, 0.5) is 0 Å². The van der Waals surface area contributed by atoms with Crippen LogP contribution in [0.25, 0.3) is 0 Å². The molecular formula is C13H13NO2. The molecule has 0 radical (unpaired) electrons. The predicted octanol–water partition coefficient (Wildman–Crippen LogP) is 1.87. The Labute approximate surface area is 94.3 Å². The molecule has 1 aromatic rings. The van der Waals surface area contributed by atoms with Crippen LogP contribution >= 0.6 is 0 Å². The first kappa shape index (κ1) is 9.60. The standard InChI is InChI=1S/C13H13NO2/c1-13-8-7-12(15)14(13)11(9-16-13)10-5-3-2-4-6-10/h2-8,11H,9H2,1H3/t11-,13+/m1/s1. The van der Waals surface area contributed by atoms with Gasteiger partial charge in [0.1, 0.15) is 0 Å². The van der Waals surface area contributed by atoms with E-state index in [-0.39, 0.29) is 11.9 Å². The van der Waals surface area contributed by atoms with Gasteiger partial charge in [-0.15, -0.1) is 0 Å². The van der Waals surface area contributed by atoms with Crippen molar-refractivity contribution in [3.05, 3.63) is 48.0 Å². The van der Waals surface area contributed by atoms with Gasteiger partial charge in [-0.2, -0.15) is 0 Å². The lowest BCUT2D eigenvalue weighted by Gasteiger charge is -2.29. The third kappa shape index (κ3) is 1.21. The molecule has 2 heterocycles. The Balaban J connectivity index is 1.98. The van der Waals surface area contributed by atoms with Crippen molar-refractivity contribution in [2.75, 3.05) is 6.61 Å². The average Bonchev–Trinajstić information content (AvgIpc) is 2.78. The van der Waals surface area contributed by atoms with Crippen molar-refractivity contribution in [3.8, 4) is 0 Å². The van der Waals surface area contributed by atoms with Gasteiger partial charge in [0.25, 0.3) is 0 Å². The van der Waals surface area contributed by atoms with E-state index in [1.54, 1.807) is 6.08 Å². The largest absolute Gasteiger partial charge is 0.350 e. The van der Waals surface area contributed by atoms with Crippen molar-refractivity contribution in [3.63, 3.8) is 0 Å². The minimum atomic E-state index is -0.544. The second-order valence-corrected chi connectivity index (χ2v) is 4.33. The Bertz CT molecular complexity index is 454. The maximum Gasteiger partial charge on any atom is 0.249 e. The van der Waals surface area contributed by atoms with Gasteiger partial charge in [0.15, 0.2) is 5.72 Å². The molecule has 3 rings (SSSR count). The van der Waals surface area contributed by atoms with Crippen LogP contribution in [0.3, 0.4) is 0 Å². The second-order valence-electron chi connectivity index (χ2n) is 4.33. The van der Waals surface area contributed by atoms with Crippen molar-refractivity contribution in [1.29, 1.82) is 0 Å². The summed E-state index contributed by atoms with van der Waals surface area (Å²) in [6.07, 6.45) is 3.42. The van der Waals surface area contributed by atoms with Crippen LogP contribution in [-0.2, 0) is 9.53 Å². The normalized spacial score (nSPS) is 32.2. The highest BCUT2D eigenvalue weighted by Crippen LogP contribution is 2.40. The van der Waals surface area contributed by atoms with Crippen molar-refractivity contribution in [2.45, 2.75) is 18.7 Å². The van der Waals surface area contributed by atoms with Crippen LogP contribution in [0.5, 0.6) is 0 Å². The van der Waals surface area contributed by atoms with Gasteiger partial charge in [-0.3, -0.25) is 9.69 Å². The lowest BCUT2D eigenvalue weighted by atomic mass is 10.1. The zero-order valence-electron chi connectivity index (χ0n) is 9.09. The number of carbonyl (C=O) groups excluding carboxylic acids is 1. The number of amides is 1. The quantitative estimate of drug-likeness (QED) is 0.715. The zero-order valence-corrected chi connectivity index (χ0v) is 9.09. The summed E-state index contributed by atoms with van der Waals surface area (Å²) in [4.78, 5) is 13.6. The predicted molar refractivity (Wildman–Crippen MR) is 59.5 cm³/mol. The van der Waals surface area contributed by atoms with E-state index in [0.29, 0.717) is 6.61 Å². The molecule has 1 aromatic carbocycles. The van der Waals surface area contributed by atoms with E-state index in [2.05, 4.69) is 0 Å². The first-order chi connectivity index (χ1) is 7.71. The van der Waals surface area contributed by atoms with Gasteiger partial charge in [-0.1, -0.05) is 30.3 Å². The van der Waals surface area contributed by atoms with E-state index in [1.165, 1.54) is 0 Å². The van der Waals surface area contributed by atoms with E-state index in [4.69, 9.17) is 4.74 Å². The van der Waals surface area contributed by atoms with Gasteiger partial charge in [0.2, 0.25) is 5.91 Å². The number of nitrogens with zero attached hydrogens (tertiary/aromatic N) is 1. The summed E-state index contributed by atoms with van der Waals surface area (Å²) in [7, 11) is 0. The zero-order chi connectivity index (χ0) is 11.2. The number of benzene rings is 1. The molecule has 3 heteroatoms. The monoisotopic (exact) mass is 215 g/mol. The van der Waals surface area contributed by atoms with Gasteiger partial charge in [0, 0.05) is 6.08 Å². The molecule has 1 fully saturated rings. The van der Waals surface area contributed by atoms with Crippen molar-refractivity contribution in [2.24, 2.45) is 0 Å². The molecule has 0 saturated carbocycles. The topological polar surface area (TPSA) is 29.5 Å². The fraction of sp³-hybridized carbons (Fsp3) is 0.308. The molecule has 0 unspecified atom stereocenters. The van der Waals surface area contributed by atoms with Gasteiger partial charge in [0.05, 0.1) is 12.6 Å². The van der Waals surface area contributed by atoms with Crippen LogP contribution in [-0.4, -0.2) is 23.1 Å². The molecule has 0 N–H and O–H groups in total. The Morgan fingerprint density at radius 3 is 2.88 bits per heavy atom. The maximum absolute atomic E-state index is 11.8. The fourth-order valence-electron chi connectivity index (χ4n) is 2.43. The highest BCUT2D eigenvalue weighted by atomic mass is 16.5. The van der Waals surface area contributed by atoms with Crippen molar-refractivity contribution in [1.82, 2.24) is 4.90 Å². The lowest BCUT2D eigenvalue weighted by molar-refractivity contribution is -0.134. The van der Waals surface area contributed by atoms with Crippen LogP contribution < -0.4 is 0 Å². The van der Waals surface area contributed by atoms with Crippen LogP contribution in [0.15, 0.2) is 42.5 Å². The second kappa shape index (κ2) is 3.19. The highest BCUT2D eigenvalue weighted by molar-refractivity contribution is 5.91. The van der Waals surface area contributed by atoms with E-state index in [9.17, 15) is 4.79 Å². The molecule has 2 aliphatic heterocycles. The summed E-state index contributed by atoms with van der Waals surface area (Å²) in [6.45, 7) is 2.49. The van der Waals surface area contributed by atoms with E-state index in [1.807, 2.05) is 48.2 Å². The van der Waals surface area contributed by atoms with Crippen molar-refractivity contribution < 1.29 is 9.53 Å². The van der Waals surface area contributed by atoms with Gasteiger partial charge in [-0.25, -0.2) is 0 Å². The van der Waals surface area contributed by atoms with Crippen LogP contribution in [0.1, 0.15) is 18.5 Å². The molecule has 1 saturated heterocycles. The molecule has 16 heavy (non-hydrogen) atoms. The third-order valence-electron chi connectivity index (χ3n) is 3.28. The number of rotatable bonds is 1. The summed E-state index contributed by atoms with van der Waals surface area (Å²) in [5.74, 6) is 0.0360. The van der Waals surface area contributed by atoms with E-state index < -0.39 is 5.72 Å². The number of fused-ring (bicyclic) bond motifs is 1. The van der Waals surface area contributed by atoms with Crippen LogP contribution in [0, 0.1) is 0 Å². The van der Waals surface area contributed by atoms with Gasteiger partial charge >= 0.3 is 0 Å². The molecule has 2 atom stereocenters. The highest BCUT2D eigenvalue weighted by Gasteiger charge is 2.48. The molecule has 1 amide bonds. The number of carbonyl (C=O) groups is 1. The van der Waals surface area contributed by atoms with Gasteiger partial charge in [-0.05, 0) is 18.6 Å². The summed E-state index contributed by atoms with van der Waals surface area (Å²) < 4.78 is 5.72. The molecule has 2 aliphatic rings. The summed E-state index contributed by atoms with van der Waals surface area (Å²) >= 11 is 0. The SMILES string of the molecule is C[C@]12C=CC(=O)N1[C@@H](c1ccccc1)CO2. The Kier molecular flexibility index (Phi) is 1.91. The van der Waals surface area contributed by atoms with Crippen LogP contribution in [0.2, 0.25) is 0 Å². The Hall–Kier alpha value is -1.61. The lowest BCUT2D eigenvalue weighted by Crippen LogP contribution is -2.40. The Morgan fingerprint density at radius 2 is 2.12 bits per heavy atom. The minimum absolute atomic E-state index is 0.0358. The number of hydrogen-bond acceptors (Lipinski definition) is 2. The molecule has 0 bridgehead atoms. The van der Waals surface area contributed by atoms with E-state index in [0.717, 1.165) is 5.56 Å². The average molecular weight is 215 g/mol. The third-order valence-corrected chi connectivity index (χ3v) is 3.28. The first-order valence-electron chi connectivity index (χ1n) is 5.42. The first-order valence-corrected chi connectivity index (χ1v) is 5.42. The molecular weight excluding hydrogens is 202 g/mol. The number of ether oxygens (including phenoxy) is 1. The van der Waals surface area contributed by atoms with Crippen molar-refractivity contribution >= 4 is 5.91 Å². The van der Waals surface area contributed by atoms with Gasteiger partial charge < -0.3 is 4.74 Å². The molecule has 3 nitrogen and oxygen atoms in total. The smallest absolute Gasteiger partial charge is 0.249 e. The molecule has 0 spiro atoms. The summed E-state index contributed by atoms with van der Waals surface area (Å²) in [6, 6.07) is 10.0. The Morgan fingerprint density at radius 1 is 1.38 bits per heavy atom. The summed E-state index contributed by atoms with van der Waals surface area (Å²) in [5.41, 5.74) is 0.584. The molecule has 0 aliphatic carbocycles. The fourth-order valence-corrected chi connectivity index (χ4v) is 2.43. The summed E-state index contributed by atoms with van der Waals surface area (Å²) in [5, 5.41) is 0. The maximum atomic E-state index is 11.8.